The molecule has 0 aromatic heterocycles. The summed E-state index contributed by atoms with van der Waals surface area (Å²) in [4.78, 5) is 0. The second kappa shape index (κ2) is 4.77. The third-order valence-corrected chi connectivity index (χ3v) is 1.23. The maximum absolute atomic E-state index is 5.40. The smallest absolute Gasteiger partial charge is 0.0162 e. The Morgan fingerprint density at radius 3 is 2.22 bits per heavy atom. The first-order chi connectivity index (χ1) is 4.16. The third kappa shape index (κ3) is 5.80. The van der Waals surface area contributed by atoms with Gasteiger partial charge in [-0.05, 0) is 19.4 Å². The maximum Gasteiger partial charge on any atom is 0.0162 e. The van der Waals surface area contributed by atoms with Crippen LogP contribution >= 0.6 is 0 Å². The molecule has 0 aromatic rings. The molecule has 0 heterocycles. The van der Waals surface area contributed by atoms with Gasteiger partial charge in [0.15, 0.2) is 0 Å². The SMILES string of the molecule is CC(C)CN[C@@H](C)CN. The van der Waals surface area contributed by atoms with E-state index in [1.165, 1.54) is 0 Å². The van der Waals surface area contributed by atoms with Gasteiger partial charge in [0.1, 0.15) is 0 Å². The lowest BCUT2D eigenvalue weighted by Gasteiger charge is -2.12. The fraction of sp³-hybridized carbons (Fsp3) is 1.00. The summed E-state index contributed by atoms with van der Waals surface area (Å²) in [6, 6.07) is 0.465. The molecule has 0 radical (unpaired) electrons. The highest BCUT2D eigenvalue weighted by atomic mass is 14.9. The van der Waals surface area contributed by atoms with E-state index in [4.69, 9.17) is 5.73 Å². The van der Waals surface area contributed by atoms with Gasteiger partial charge in [-0.3, -0.25) is 0 Å². The van der Waals surface area contributed by atoms with Crippen LogP contribution < -0.4 is 11.1 Å². The zero-order valence-corrected chi connectivity index (χ0v) is 6.65. The second-order valence-corrected chi connectivity index (χ2v) is 2.94. The molecule has 2 nitrogen and oxygen atoms in total. The van der Waals surface area contributed by atoms with Gasteiger partial charge in [-0.25, -0.2) is 0 Å². The lowest BCUT2D eigenvalue weighted by molar-refractivity contribution is 0.489. The molecular formula is C7H18N2. The minimum absolute atomic E-state index is 0.465. The highest BCUT2D eigenvalue weighted by Crippen LogP contribution is 1.88. The molecule has 0 saturated carbocycles. The summed E-state index contributed by atoms with van der Waals surface area (Å²) in [5.74, 6) is 0.721. The summed E-state index contributed by atoms with van der Waals surface area (Å²) in [7, 11) is 0. The van der Waals surface area contributed by atoms with Crippen LogP contribution in [0, 0.1) is 5.92 Å². The summed E-state index contributed by atoms with van der Waals surface area (Å²) in [5.41, 5.74) is 5.40. The van der Waals surface area contributed by atoms with E-state index >= 15 is 0 Å². The molecule has 0 amide bonds. The van der Waals surface area contributed by atoms with Crippen LogP contribution in [0.5, 0.6) is 0 Å². The largest absolute Gasteiger partial charge is 0.329 e. The van der Waals surface area contributed by atoms with Crippen LogP contribution in [0.4, 0.5) is 0 Å². The van der Waals surface area contributed by atoms with Crippen LogP contribution in [0.15, 0.2) is 0 Å². The molecular weight excluding hydrogens is 112 g/mol. The summed E-state index contributed by atoms with van der Waals surface area (Å²) in [6.45, 7) is 8.28. The fourth-order valence-electron chi connectivity index (χ4n) is 0.520. The molecule has 0 bridgehead atoms. The van der Waals surface area contributed by atoms with Crippen molar-refractivity contribution in [3.63, 3.8) is 0 Å². The minimum atomic E-state index is 0.465. The van der Waals surface area contributed by atoms with E-state index in [-0.39, 0.29) is 0 Å². The van der Waals surface area contributed by atoms with Crippen molar-refractivity contribution >= 4 is 0 Å². The molecule has 0 saturated heterocycles. The minimum Gasteiger partial charge on any atom is -0.329 e. The zero-order chi connectivity index (χ0) is 7.28. The van der Waals surface area contributed by atoms with Gasteiger partial charge in [0.2, 0.25) is 0 Å². The van der Waals surface area contributed by atoms with Gasteiger partial charge in [0.25, 0.3) is 0 Å². The Morgan fingerprint density at radius 2 is 1.89 bits per heavy atom. The van der Waals surface area contributed by atoms with Crippen molar-refractivity contribution < 1.29 is 0 Å². The third-order valence-electron chi connectivity index (χ3n) is 1.23. The molecule has 0 unspecified atom stereocenters. The highest BCUT2D eigenvalue weighted by molar-refractivity contribution is 4.61. The first-order valence-corrected chi connectivity index (χ1v) is 3.60. The average Bonchev–Trinajstić information content (AvgIpc) is 1.83. The molecule has 2 heteroatoms. The summed E-state index contributed by atoms with van der Waals surface area (Å²) >= 11 is 0. The Balaban J connectivity index is 3.06. The van der Waals surface area contributed by atoms with Crippen molar-refractivity contribution in [2.24, 2.45) is 11.7 Å². The van der Waals surface area contributed by atoms with E-state index in [0.717, 1.165) is 19.0 Å². The molecule has 0 aliphatic carbocycles. The van der Waals surface area contributed by atoms with Crippen LogP contribution in [0.25, 0.3) is 0 Å². The van der Waals surface area contributed by atoms with Gasteiger partial charge in [-0.15, -0.1) is 0 Å². The first kappa shape index (κ1) is 8.92. The molecule has 56 valence electrons. The van der Waals surface area contributed by atoms with Crippen molar-refractivity contribution in [2.45, 2.75) is 26.8 Å². The Hall–Kier alpha value is -0.0800. The molecule has 0 spiro atoms. The van der Waals surface area contributed by atoms with E-state index in [1.807, 2.05) is 0 Å². The van der Waals surface area contributed by atoms with Gasteiger partial charge in [-0.1, -0.05) is 13.8 Å². The van der Waals surface area contributed by atoms with Crippen molar-refractivity contribution in [1.29, 1.82) is 0 Å². The van der Waals surface area contributed by atoms with Gasteiger partial charge < -0.3 is 11.1 Å². The van der Waals surface area contributed by atoms with Gasteiger partial charge in [-0.2, -0.15) is 0 Å². The predicted molar refractivity (Wildman–Crippen MR) is 41.4 cm³/mol. The van der Waals surface area contributed by atoms with Crippen LogP contribution in [-0.4, -0.2) is 19.1 Å². The van der Waals surface area contributed by atoms with Crippen molar-refractivity contribution in [3.05, 3.63) is 0 Å². The Morgan fingerprint density at radius 1 is 1.33 bits per heavy atom. The van der Waals surface area contributed by atoms with E-state index in [1.54, 1.807) is 0 Å². The first-order valence-electron chi connectivity index (χ1n) is 3.60. The number of rotatable bonds is 4. The van der Waals surface area contributed by atoms with E-state index in [0.29, 0.717) is 6.04 Å². The van der Waals surface area contributed by atoms with Crippen LogP contribution in [0.3, 0.4) is 0 Å². The molecule has 0 rings (SSSR count). The normalized spacial score (nSPS) is 14.3. The maximum atomic E-state index is 5.40. The van der Waals surface area contributed by atoms with Crippen molar-refractivity contribution in [1.82, 2.24) is 5.32 Å². The monoisotopic (exact) mass is 130 g/mol. The fourth-order valence-corrected chi connectivity index (χ4v) is 0.520. The lowest BCUT2D eigenvalue weighted by atomic mass is 10.2. The molecule has 0 fully saturated rings. The Bertz CT molecular complexity index is 61.9. The standard InChI is InChI=1S/C7H18N2/c1-6(2)5-9-7(3)4-8/h6-7,9H,4-5,8H2,1-3H3/t7-/m0/s1. The molecule has 3 N–H and O–H groups in total. The van der Waals surface area contributed by atoms with Gasteiger partial charge in [0, 0.05) is 12.6 Å². The Kier molecular flexibility index (Phi) is 4.72. The summed E-state index contributed by atoms with van der Waals surface area (Å²) < 4.78 is 0. The van der Waals surface area contributed by atoms with E-state index < -0.39 is 0 Å². The Labute approximate surface area is 57.8 Å². The summed E-state index contributed by atoms with van der Waals surface area (Å²) in [6.07, 6.45) is 0. The van der Waals surface area contributed by atoms with Gasteiger partial charge in [0.05, 0.1) is 0 Å². The number of nitrogens with two attached hydrogens (primary N) is 1. The summed E-state index contributed by atoms with van der Waals surface area (Å²) in [5, 5.41) is 3.31. The van der Waals surface area contributed by atoms with Crippen LogP contribution in [0.2, 0.25) is 0 Å². The van der Waals surface area contributed by atoms with E-state index in [9.17, 15) is 0 Å². The van der Waals surface area contributed by atoms with E-state index in [2.05, 4.69) is 26.1 Å². The van der Waals surface area contributed by atoms with Crippen LogP contribution in [-0.2, 0) is 0 Å². The molecule has 0 aliphatic rings. The average molecular weight is 130 g/mol. The zero-order valence-electron chi connectivity index (χ0n) is 6.65. The molecule has 9 heavy (non-hydrogen) atoms. The topological polar surface area (TPSA) is 38.0 Å². The highest BCUT2D eigenvalue weighted by Gasteiger charge is 1.97. The number of nitrogens with one attached hydrogen (secondary N) is 1. The number of hydrogen-bond acceptors (Lipinski definition) is 2. The molecule has 0 aliphatic heterocycles. The number of hydrogen-bond donors (Lipinski definition) is 2. The molecule has 1 atom stereocenters. The predicted octanol–water partition coefficient (Wildman–Crippen LogP) is 0.579. The second-order valence-electron chi connectivity index (χ2n) is 2.94. The van der Waals surface area contributed by atoms with Crippen molar-refractivity contribution in [3.8, 4) is 0 Å². The lowest BCUT2D eigenvalue weighted by Crippen LogP contribution is -2.35. The van der Waals surface area contributed by atoms with Gasteiger partial charge >= 0.3 is 0 Å². The van der Waals surface area contributed by atoms with Crippen LogP contribution in [0.1, 0.15) is 20.8 Å². The quantitative estimate of drug-likeness (QED) is 0.584. The molecule has 0 aromatic carbocycles. The van der Waals surface area contributed by atoms with Crippen molar-refractivity contribution in [2.75, 3.05) is 13.1 Å².